The molecule has 0 saturated carbocycles. The molecule has 30 heavy (non-hydrogen) atoms. The SMILES string of the molecule is COc1ccc(OC)c(-c2cc(C(=O)N3CCCC(Oc4ccncc4)C3)[nH]n2)c1. The van der Waals surface area contributed by atoms with Gasteiger partial charge in [-0.1, -0.05) is 0 Å². The number of amides is 1. The third-order valence-electron chi connectivity index (χ3n) is 5.11. The van der Waals surface area contributed by atoms with E-state index in [0.717, 1.165) is 24.2 Å². The van der Waals surface area contributed by atoms with Crippen LogP contribution in [0.4, 0.5) is 0 Å². The molecule has 3 aromatic rings. The Morgan fingerprint density at radius 2 is 1.93 bits per heavy atom. The molecule has 2 aromatic heterocycles. The van der Waals surface area contributed by atoms with Crippen LogP contribution in [-0.2, 0) is 0 Å². The van der Waals surface area contributed by atoms with Crippen LogP contribution in [0.2, 0.25) is 0 Å². The van der Waals surface area contributed by atoms with Gasteiger partial charge in [0.1, 0.15) is 29.0 Å². The molecule has 0 spiro atoms. The van der Waals surface area contributed by atoms with Crippen LogP contribution in [0.25, 0.3) is 11.3 Å². The van der Waals surface area contributed by atoms with E-state index in [0.29, 0.717) is 36.0 Å². The van der Waals surface area contributed by atoms with Gasteiger partial charge in [0.05, 0.1) is 26.5 Å². The van der Waals surface area contributed by atoms with E-state index in [-0.39, 0.29) is 12.0 Å². The van der Waals surface area contributed by atoms with Crippen molar-refractivity contribution >= 4 is 5.91 Å². The monoisotopic (exact) mass is 408 g/mol. The first-order chi connectivity index (χ1) is 14.7. The fourth-order valence-electron chi connectivity index (χ4n) is 3.58. The second kappa shape index (κ2) is 8.86. The highest BCUT2D eigenvalue weighted by Gasteiger charge is 2.27. The first-order valence-corrected chi connectivity index (χ1v) is 9.81. The summed E-state index contributed by atoms with van der Waals surface area (Å²) in [5, 5.41) is 7.19. The number of aromatic nitrogens is 3. The van der Waals surface area contributed by atoms with Gasteiger partial charge in [0.15, 0.2) is 0 Å². The van der Waals surface area contributed by atoms with Crippen molar-refractivity contribution in [2.75, 3.05) is 27.3 Å². The number of piperidine rings is 1. The van der Waals surface area contributed by atoms with Crippen LogP contribution < -0.4 is 14.2 Å². The number of hydrogen-bond acceptors (Lipinski definition) is 6. The van der Waals surface area contributed by atoms with E-state index in [1.165, 1.54) is 0 Å². The molecule has 8 heteroatoms. The number of hydrogen-bond donors (Lipinski definition) is 1. The summed E-state index contributed by atoms with van der Waals surface area (Å²) >= 11 is 0. The number of carbonyl (C=O) groups is 1. The lowest BCUT2D eigenvalue weighted by atomic mass is 10.1. The number of methoxy groups -OCH3 is 2. The highest BCUT2D eigenvalue weighted by Crippen LogP contribution is 2.32. The molecule has 1 aliphatic rings. The molecule has 1 aromatic carbocycles. The smallest absolute Gasteiger partial charge is 0.272 e. The number of H-pyrrole nitrogens is 1. The Kier molecular flexibility index (Phi) is 5.83. The lowest BCUT2D eigenvalue weighted by molar-refractivity contribution is 0.0532. The van der Waals surface area contributed by atoms with Crippen LogP contribution >= 0.6 is 0 Å². The predicted molar refractivity (Wildman–Crippen MR) is 111 cm³/mol. The van der Waals surface area contributed by atoms with Crippen molar-refractivity contribution in [2.24, 2.45) is 0 Å². The van der Waals surface area contributed by atoms with Gasteiger partial charge in [-0.2, -0.15) is 5.10 Å². The summed E-state index contributed by atoms with van der Waals surface area (Å²) in [5.74, 6) is 2.01. The maximum absolute atomic E-state index is 13.1. The van der Waals surface area contributed by atoms with Crippen molar-refractivity contribution < 1.29 is 19.0 Å². The molecule has 156 valence electrons. The van der Waals surface area contributed by atoms with Gasteiger partial charge in [-0.15, -0.1) is 0 Å². The molecule has 0 aliphatic carbocycles. The van der Waals surface area contributed by atoms with Gasteiger partial charge in [0.2, 0.25) is 0 Å². The number of benzene rings is 1. The second-order valence-corrected chi connectivity index (χ2v) is 7.05. The van der Waals surface area contributed by atoms with Crippen LogP contribution in [0.15, 0.2) is 48.8 Å². The molecule has 4 rings (SSSR count). The largest absolute Gasteiger partial charge is 0.497 e. The first-order valence-electron chi connectivity index (χ1n) is 9.81. The van der Waals surface area contributed by atoms with Gasteiger partial charge in [0, 0.05) is 24.5 Å². The molecule has 1 amide bonds. The minimum atomic E-state index is -0.0985. The van der Waals surface area contributed by atoms with Crippen molar-refractivity contribution in [3.05, 3.63) is 54.5 Å². The topological polar surface area (TPSA) is 89.6 Å². The number of nitrogens with zero attached hydrogens (tertiary/aromatic N) is 3. The Morgan fingerprint density at radius 3 is 2.70 bits per heavy atom. The quantitative estimate of drug-likeness (QED) is 0.674. The molecule has 1 N–H and O–H groups in total. The van der Waals surface area contributed by atoms with Crippen LogP contribution in [0.5, 0.6) is 17.2 Å². The van der Waals surface area contributed by atoms with Crippen LogP contribution in [0.1, 0.15) is 23.3 Å². The number of likely N-dealkylation sites (tertiary alicyclic amines) is 1. The van der Waals surface area contributed by atoms with Crippen molar-refractivity contribution in [3.8, 4) is 28.5 Å². The number of rotatable bonds is 6. The van der Waals surface area contributed by atoms with Gasteiger partial charge in [0.25, 0.3) is 5.91 Å². The van der Waals surface area contributed by atoms with Crippen molar-refractivity contribution in [2.45, 2.75) is 18.9 Å². The van der Waals surface area contributed by atoms with Gasteiger partial charge in [-0.25, -0.2) is 0 Å². The molecule has 1 saturated heterocycles. The highest BCUT2D eigenvalue weighted by molar-refractivity contribution is 5.93. The molecular weight excluding hydrogens is 384 g/mol. The van der Waals surface area contributed by atoms with Gasteiger partial charge >= 0.3 is 0 Å². The van der Waals surface area contributed by atoms with Gasteiger partial charge in [-0.05, 0) is 49.2 Å². The molecule has 1 fully saturated rings. The van der Waals surface area contributed by atoms with Crippen LogP contribution in [0, 0.1) is 0 Å². The predicted octanol–water partition coefficient (Wildman–Crippen LogP) is 3.17. The van der Waals surface area contributed by atoms with E-state index in [1.807, 2.05) is 30.3 Å². The third kappa shape index (κ3) is 4.22. The number of nitrogens with one attached hydrogen (secondary N) is 1. The molecular formula is C22H24N4O4. The van der Waals surface area contributed by atoms with Crippen molar-refractivity contribution in [1.29, 1.82) is 0 Å². The summed E-state index contributed by atoms with van der Waals surface area (Å²) in [5.41, 5.74) is 1.81. The summed E-state index contributed by atoms with van der Waals surface area (Å²) in [6.07, 6.45) is 5.12. The minimum Gasteiger partial charge on any atom is -0.497 e. The average molecular weight is 408 g/mol. The zero-order valence-electron chi connectivity index (χ0n) is 17.0. The van der Waals surface area contributed by atoms with E-state index in [1.54, 1.807) is 37.6 Å². The maximum atomic E-state index is 13.1. The number of ether oxygens (including phenoxy) is 3. The number of pyridine rings is 1. The summed E-state index contributed by atoms with van der Waals surface area (Å²) in [7, 11) is 3.20. The zero-order valence-corrected chi connectivity index (χ0v) is 17.0. The summed E-state index contributed by atoms with van der Waals surface area (Å²) in [6.45, 7) is 1.21. The Hall–Kier alpha value is -3.55. The standard InChI is InChI=1S/C22H24N4O4/c1-28-16-5-6-21(29-2)18(12-16)19-13-20(25-24-19)22(27)26-11-3-4-17(14-26)30-15-7-9-23-10-8-15/h5-10,12-13,17H,3-4,11,14H2,1-2H3,(H,24,25). The molecule has 1 unspecified atom stereocenters. The fourth-order valence-corrected chi connectivity index (χ4v) is 3.58. The van der Waals surface area contributed by atoms with E-state index in [2.05, 4.69) is 15.2 Å². The number of carbonyl (C=O) groups excluding carboxylic acids is 1. The summed E-state index contributed by atoms with van der Waals surface area (Å²) < 4.78 is 16.7. The van der Waals surface area contributed by atoms with E-state index < -0.39 is 0 Å². The second-order valence-electron chi connectivity index (χ2n) is 7.05. The molecule has 1 atom stereocenters. The number of aromatic amines is 1. The average Bonchev–Trinajstić information content (AvgIpc) is 3.29. The van der Waals surface area contributed by atoms with Crippen LogP contribution in [0.3, 0.4) is 0 Å². The van der Waals surface area contributed by atoms with Crippen molar-refractivity contribution in [3.63, 3.8) is 0 Å². The van der Waals surface area contributed by atoms with Crippen molar-refractivity contribution in [1.82, 2.24) is 20.1 Å². The summed E-state index contributed by atoms with van der Waals surface area (Å²) in [4.78, 5) is 18.9. The molecule has 1 aliphatic heterocycles. The van der Waals surface area contributed by atoms with E-state index in [9.17, 15) is 4.79 Å². The first kappa shape index (κ1) is 19.8. The van der Waals surface area contributed by atoms with E-state index in [4.69, 9.17) is 14.2 Å². The lowest BCUT2D eigenvalue weighted by Gasteiger charge is -2.32. The highest BCUT2D eigenvalue weighted by atomic mass is 16.5. The van der Waals surface area contributed by atoms with Gasteiger partial charge in [-0.3, -0.25) is 14.9 Å². The Bertz CT molecular complexity index is 1010. The third-order valence-corrected chi connectivity index (χ3v) is 5.11. The normalized spacial score (nSPS) is 16.2. The summed E-state index contributed by atoms with van der Waals surface area (Å²) in [6, 6.07) is 10.9. The van der Waals surface area contributed by atoms with Gasteiger partial charge < -0.3 is 19.1 Å². The molecule has 8 nitrogen and oxygen atoms in total. The van der Waals surface area contributed by atoms with Crippen LogP contribution in [-0.4, -0.2) is 59.4 Å². The maximum Gasteiger partial charge on any atom is 0.272 e. The Balaban J connectivity index is 1.49. The Morgan fingerprint density at radius 1 is 1.10 bits per heavy atom. The molecule has 0 bridgehead atoms. The molecule has 0 radical (unpaired) electrons. The Labute approximate surface area is 174 Å². The fraction of sp³-hybridized carbons (Fsp3) is 0.318. The minimum absolute atomic E-state index is 0.0500. The lowest BCUT2D eigenvalue weighted by Crippen LogP contribution is -2.44. The molecule has 3 heterocycles. The zero-order chi connectivity index (χ0) is 20.9. The van der Waals surface area contributed by atoms with E-state index >= 15 is 0 Å².